The highest BCUT2D eigenvalue weighted by molar-refractivity contribution is 7.12. The number of hydrogen-bond donors (Lipinski definition) is 1. The van der Waals surface area contributed by atoms with Crippen LogP contribution in [-0.2, 0) is 6.42 Å². The van der Waals surface area contributed by atoms with Gasteiger partial charge in [0, 0.05) is 16.2 Å². The van der Waals surface area contributed by atoms with Crippen LogP contribution in [0.1, 0.15) is 39.8 Å². The van der Waals surface area contributed by atoms with Crippen LogP contribution in [0.15, 0.2) is 22.6 Å². The predicted octanol–water partition coefficient (Wildman–Crippen LogP) is 3.83. The maximum Gasteiger partial charge on any atom is 0.126 e. The Bertz CT molecular complexity index is 479. The molecule has 2 rings (SSSR count). The fourth-order valence-corrected chi connectivity index (χ4v) is 3.07. The number of aryl methyl sites for hydroxylation is 3. The molecule has 92 valence electrons. The van der Waals surface area contributed by atoms with Crippen molar-refractivity contribution in [3.05, 3.63) is 45.0 Å². The Morgan fingerprint density at radius 1 is 1.35 bits per heavy atom. The Kier molecular flexibility index (Phi) is 3.69. The molecule has 0 saturated carbocycles. The molecule has 2 aromatic heterocycles. The fraction of sp³-hybridized carbons (Fsp3) is 0.429. The van der Waals surface area contributed by atoms with E-state index in [1.54, 1.807) is 0 Å². The first-order valence-corrected chi connectivity index (χ1v) is 6.80. The van der Waals surface area contributed by atoms with Crippen molar-refractivity contribution in [3.8, 4) is 0 Å². The van der Waals surface area contributed by atoms with Crippen LogP contribution in [0, 0.1) is 13.8 Å². The number of thiophene rings is 1. The van der Waals surface area contributed by atoms with Crippen LogP contribution in [0.3, 0.4) is 0 Å². The van der Waals surface area contributed by atoms with E-state index in [1.165, 1.54) is 15.3 Å². The van der Waals surface area contributed by atoms with E-state index >= 15 is 0 Å². The fourth-order valence-electron chi connectivity index (χ4n) is 1.91. The molecule has 3 heteroatoms. The lowest BCUT2D eigenvalue weighted by molar-refractivity contribution is 0.436. The van der Waals surface area contributed by atoms with Gasteiger partial charge in [-0.25, -0.2) is 0 Å². The molecule has 2 aromatic rings. The summed E-state index contributed by atoms with van der Waals surface area (Å²) < 4.78 is 5.83. The summed E-state index contributed by atoms with van der Waals surface area (Å²) in [5.41, 5.74) is 1.35. The van der Waals surface area contributed by atoms with E-state index < -0.39 is 0 Å². The summed E-state index contributed by atoms with van der Waals surface area (Å²) in [5.74, 6) is 2.05. The second kappa shape index (κ2) is 5.07. The predicted molar refractivity (Wildman–Crippen MR) is 72.8 cm³/mol. The Morgan fingerprint density at radius 3 is 2.59 bits per heavy atom. The molecule has 1 unspecified atom stereocenters. The second-order valence-corrected chi connectivity index (χ2v) is 5.56. The van der Waals surface area contributed by atoms with E-state index in [1.807, 2.05) is 18.4 Å². The maximum absolute atomic E-state index is 5.83. The molecule has 17 heavy (non-hydrogen) atoms. The van der Waals surface area contributed by atoms with Crippen molar-refractivity contribution < 1.29 is 4.42 Å². The third kappa shape index (κ3) is 2.45. The van der Waals surface area contributed by atoms with Gasteiger partial charge in [-0.3, -0.25) is 0 Å². The Labute approximate surface area is 107 Å². The second-order valence-electron chi connectivity index (χ2n) is 4.27. The zero-order valence-electron chi connectivity index (χ0n) is 10.8. The summed E-state index contributed by atoms with van der Waals surface area (Å²) in [4.78, 5) is 2.70. The van der Waals surface area contributed by atoms with E-state index in [9.17, 15) is 0 Å². The van der Waals surface area contributed by atoms with Crippen molar-refractivity contribution >= 4 is 11.3 Å². The van der Waals surface area contributed by atoms with E-state index in [0.717, 1.165) is 17.9 Å². The zero-order chi connectivity index (χ0) is 12.4. The monoisotopic (exact) mass is 249 g/mol. The van der Waals surface area contributed by atoms with Gasteiger partial charge in [0.15, 0.2) is 0 Å². The summed E-state index contributed by atoms with van der Waals surface area (Å²) >= 11 is 1.84. The van der Waals surface area contributed by atoms with Crippen molar-refractivity contribution in [2.75, 3.05) is 7.05 Å². The lowest BCUT2D eigenvalue weighted by atomic mass is 10.1. The molecule has 0 aliphatic heterocycles. The van der Waals surface area contributed by atoms with Crippen LogP contribution in [0.25, 0.3) is 0 Å². The third-order valence-electron chi connectivity index (χ3n) is 3.07. The normalized spacial score (nSPS) is 12.9. The van der Waals surface area contributed by atoms with Crippen molar-refractivity contribution in [1.29, 1.82) is 0 Å². The van der Waals surface area contributed by atoms with Crippen LogP contribution in [0.4, 0.5) is 0 Å². The molecule has 0 aliphatic rings. The molecule has 0 aromatic carbocycles. The molecule has 0 fully saturated rings. The number of furan rings is 1. The Morgan fingerprint density at radius 2 is 2.12 bits per heavy atom. The number of rotatable bonds is 4. The van der Waals surface area contributed by atoms with Crippen molar-refractivity contribution in [1.82, 2.24) is 5.32 Å². The standard InChI is InChI=1S/C14H19NOS/c1-5-11-6-7-12(16-11)14(15-4)13-8-9(2)10(3)17-13/h6-8,14-15H,5H2,1-4H3. The van der Waals surface area contributed by atoms with E-state index in [4.69, 9.17) is 4.42 Å². The molecule has 0 aliphatic carbocycles. The van der Waals surface area contributed by atoms with Crippen molar-refractivity contribution in [2.45, 2.75) is 33.2 Å². The highest BCUT2D eigenvalue weighted by atomic mass is 32.1. The van der Waals surface area contributed by atoms with Crippen molar-refractivity contribution in [3.63, 3.8) is 0 Å². The maximum atomic E-state index is 5.83. The largest absolute Gasteiger partial charge is 0.464 e. The van der Waals surface area contributed by atoms with Gasteiger partial charge in [-0.2, -0.15) is 0 Å². The van der Waals surface area contributed by atoms with Gasteiger partial charge in [-0.15, -0.1) is 11.3 Å². The van der Waals surface area contributed by atoms with E-state index in [2.05, 4.69) is 44.3 Å². The topological polar surface area (TPSA) is 25.2 Å². The lowest BCUT2D eigenvalue weighted by Gasteiger charge is -2.11. The molecular weight excluding hydrogens is 230 g/mol. The van der Waals surface area contributed by atoms with Crippen LogP contribution in [0.5, 0.6) is 0 Å². The summed E-state index contributed by atoms with van der Waals surface area (Å²) in [7, 11) is 1.98. The molecule has 1 atom stereocenters. The van der Waals surface area contributed by atoms with Crippen molar-refractivity contribution in [2.24, 2.45) is 0 Å². The van der Waals surface area contributed by atoms with Gasteiger partial charge in [0.25, 0.3) is 0 Å². The smallest absolute Gasteiger partial charge is 0.126 e. The minimum atomic E-state index is 0.174. The number of hydrogen-bond acceptors (Lipinski definition) is 3. The Hall–Kier alpha value is -1.06. The van der Waals surface area contributed by atoms with E-state index in [-0.39, 0.29) is 6.04 Å². The van der Waals surface area contributed by atoms with Gasteiger partial charge in [-0.05, 0) is 44.7 Å². The summed E-state index contributed by atoms with van der Waals surface area (Å²) in [6, 6.07) is 6.56. The summed E-state index contributed by atoms with van der Waals surface area (Å²) in [6.07, 6.45) is 0.943. The summed E-state index contributed by atoms with van der Waals surface area (Å²) in [6.45, 7) is 6.42. The van der Waals surface area contributed by atoms with Gasteiger partial charge in [-0.1, -0.05) is 6.92 Å². The van der Waals surface area contributed by atoms with Gasteiger partial charge in [0.2, 0.25) is 0 Å². The molecular formula is C14H19NOS. The molecule has 0 amide bonds. The molecule has 2 nitrogen and oxygen atoms in total. The minimum absolute atomic E-state index is 0.174. The van der Waals surface area contributed by atoms with Crippen LogP contribution in [-0.4, -0.2) is 7.05 Å². The average molecular weight is 249 g/mol. The Balaban J connectivity index is 2.32. The first-order valence-electron chi connectivity index (χ1n) is 5.98. The lowest BCUT2D eigenvalue weighted by Crippen LogP contribution is -2.15. The highest BCUT2D eigenvalue weighted by Crippen LogP contribution is 2.31. The average Bonchev–Trinajstić information content (AvgIpc) is 2.89. The molecule has 1 N–H and O–H groups in total. The number of nitrogens with one attached hydrogen (secondary N) is 1. The minimum Gasteiger partial charge on any atom is -0.464 e. The van der Waals surface area contributed by atoms with Gasteiger partial charge < -0.3 is 9.73 Å². The molecule has 0 saturated heterocycles. The van der Waals surface area contributed by atoms with Gasteiger partial charge >= 0.3 is 0 Å². The highest BCUT2D eigenvalue weighted by Gasteiger charge is 2.18. The molecule has 0 bridgehead atoms. The first kappa shape index (κ1) is 12.4. The summed E-state index contributed by atoms with van der Waals surface area (Å²) in [5, 5.41) is 3.33. The van der Waals surface area contributed by atoms with Crippen LogP contribution >= 0.6 is 11.3 Å². The quantitative estimate of drug-likeness (QED) is 0.891. The van der Waals surface area contributed by atoms with Crippen LogP contribution in [0.2, 0.25) is 0 Å². The zero-order valence-corrected chi connectivity index (χ0v) is 11.6. The molecule has 0 spiro atoms. The van der Waals surface area contributed by atoms with E-state index in [0.29, 0.717) is 0 Å². The van der Waals surface area contributed by atoms with Gasteiger partial charge in [0.1, 0.15) is 17.6 Å². The third-order valence-corrected chi connectivity index (χ3v) is 4.29. The SMILES string of the molecule is CCc1ccc(C(NC)c2cc(C)c(C)s2)o1. The molecule has 2 heterocycles. The van der Waals surface area contributed by atoms with Gasteiger partial charge in [0.05, 0.1) is 0 Å². The van der Waals surface area contributed by atoms with Crippen LogP contribution < -0.4 is 5.32 Å². The molecule has 0 radical (unpaired) electrons. The first-order chi connectivity index (χ1) is 8.15.